The van der Waals surface area contributed by atoms with Crippen LogP contribution in [0.5, 0.6) is 0 Å². The first-order valence-corrected chi connectivity index (χ1v) is 5.02. The second-order valence-corrected chi connectivity index (χ2v) is 3.45. The predicted octanol–water partition coefficient (Wildman–Crippen LogP) is 1.26. The van der Waals surface area contributed by atoms with E-state index in [2.05, 4.69) is 5.43 Å². The Morgan fingerprint density at radius 2 is 1.75 bits per heavy atom. The van der Waals surface area contributed by atoms with Gasteiger partial charge in [-0.05, 0) is 17.7 Å². The highest BCUT2D eigenvalue weighted by atomic mass is 16.2. The number of hydrogen-bond donors (Lipinski definition) is 2. The Bertz CT molecular complexity index is 450. The highest BCUT2D eigenvalue weighted by Gasteiger charge is 2.14. The van der Waals surface area contributed by atoms with Gasteiger partial charge in [0.15, 0.2) is 0 Å². The monoisotopic (exact) mass is 215 g/mol. The van der Waals surface area contributed by atoms with Crippen molar-refractivity contribution in [3.05, 3.63) is 60.4 Å². The molecule has 0 saturated carbocycles. The zero-order valence-electron chi connectivity index (χ0n) is 8.71. The van der Waals surface area contributed by atoms with Crippen molar-refractivity contribution in [2.75, 3.05) is 5.43 Å². The van der Waals surface area contributed by atoms with Gasteiger partial charge in [-0.25, -0.2) is 0 Å². The van der Waals surface area contributed by atoms with E-state index in [4.69, 9.17) is 5.73 Å². The van der Waals surface area contributed by atoms with E-state index in [1.807, 2.05) is 42.5 Å². The average Bonchev–Trinajstić information content (AvgIpc) is 2.82. The molecule has 0 unspecified atom stereocenters. The fourth-order valence-electron chi connectivity index (χ4n) is 1.42. The molecule has 0 spiro atoms. The lowest BCUT2D eigenvalue weighted by Crippen LogP contribution is -2.32. The Labute approximate surface area is 93.7 Å². The molecule has 3 N–H and O–H groups in total. The molecule has 1 amide bonds. The summed E-state index contributed by atoms with van der Waals surface area (Å²) in [6, 6.07) is 12.3. The molecule has 0 saturated heterocycles. The SMILES string of the molecule is N[C@@H](C(=O)Nn1cccc1)c1ccccc1. The number of nitrogens with one attached hydrogen (secondary N) is 1. The minimum atomic E-state index is -0.649. The van der Waals surface area contributed by atoms with Crippen LogP contribution in [0.1, 0.15) is 11.6 Å². The number of nitrogens with zero attached hydrogens (tertiary/aromatic N) is 1. The lowest BCUT2D eigenvalue weighted by Gasteiger charge is -2.12. The van der Waals surface area contributed by atoms with Crippen molar-refractivity contribution in [2.24, 2.45) is 5.73 Å². The maximum Gasteiger partial charge on any atom is 0.260 e. The number of carbonyl (C=O) groups is 1. The Morgan fingerprint density at radius 1 is 1.12 bits per heavy atom. The van der Waals surface area contributed by atoms with E-state index in [0.29, 0.717) is 0 Å². The third-order valence-corrected chi connectivity index (χ3v) is 2.28. The van der Waals surface area contributed by atoms with Crippen LogP contribution in [-0.4, -0.2) is 10.6 Å². The molecule has 0 aliphatic rings. The van der Waals surface area contributed by atoms with E-state index in [9.17, 15) is 4.79 Å². The van der Waals surface area contributed by atoms with Crippen LogP contribution < -0.4 is 11.2 Å². The summed E-state index contributed by atoms with van der Waals surface area (Å²) in [4.78, 5) is 11.8. The number of nitrogens with two attached hydrogens (primary N) is 1. The van der Waals surface area contributed by atoms with Crippen molar-refractivity contribution in [3.8, 4) is 0 Å². The summed E-state index contributed by atoms with van der Waals surface area (Å²) in [6.45, 7) is 0. The number of hydrogen-bond acceptors (Lipinski definition) is 2. The van der Waals surface area contributed by atoms with Gasteiger partial charge in [-0.3, -0.25) is 14.9 Å². The highest BCUT2D eigenvalue weighted by Crippen LogP contribution is 2.09. The summed E-state index contributed by atoms with van der Waals surface area (Å²) in [5.74, 6) is -0.234. The zero-order valence-corrected chi connectivity index (χ0v) is 8.71. The Hall–Kier alpha value is -2.07. The van der Waals surface area contributed by atoms with Crippen molar-refractivity contribution in [3.63, 3.8) is 0 Å². The van der Waals surface area contributed by atoms with E-state index in [1.54, 1.807) is 17.1 Å². The van der Waals surface area contributed by atoms with Crippen molar-refractivity contribution in [2.45, 2.75) is 6.04 Å². The number of amides is 1. The van der Waals surface area contributed by atoms with Crippen molar-refractivity contribution >= 4 is 5.91 Å². The minimum absolute atomic E-state index is 0.234. The molecule has 2 rings (SSSR count). The van der Waals surface area contributed by atoms with Crippen LogP contribution in [-0.2, 0) is 4.79 Å². The average molecular weight is 215 g/mol. The van der Waals surface area contributed by atoms with Gasteiger partial charge in [-0.15, -0.1) is 0 Å². The normalized spacial score (nSPS) is 12.1. The van der Waals surface area contributed by atoms with E-state index in [-0.39, 0.29) is 5.91 Å². The second kappa shape index (κ2) is 4.63. The Kier molecular flexibility index (Phi) is 3.03. The van der Waals surface area contributed by atoms with Gasteiger partial charge in [-0.1, -0.05) is 30.3 Å². The van der Waals surface area contributed by atoms with Gasteiger partial charge in [0.05, 0.1) is 0 Å². The van der Waals surface area contributed by atoms with Crippen LogP contribution in [0, 0.1) is 0 Å². The van der Waals surface area contributed by atoms with Gasteiger partial charge in [0.2, 0.25) is 0 Å². The molecule has 16 heavy (non-hydrogen) atoms. The van der Waals surface area contributed by atoms with Crippen LogP contribution in [0.3, 0.4) is 0 Å². The van der Waals surface area contributed by atoms with E-state index in [1.165, 1.54) is 0 Å². The molecule has 1 heterocycles. The summed E-state index contributed by atoms with van der Waals surface area (Å²) < 4.78 is 1.57. The summed E-state index contributed by atoms with van der Waals surface area (Å²) in [7, 11) is 0. The van der Waals surface area contributed by atoms with Gasteiger partial charge in [0.25, 0.3) is 5.91 Å². The predicted molar refractivity (Wildman–Crippen MR) is 62.2 cm³/mol. The maximum absolute atomic E-state index is 11.8. The first-order valence-electron chi connectivity index (χ1n) is 5.02. The third kappa shape index (κ3) is 2.29. The molecular formula is C12H13N3O. The Morgan fingerprint density at radius 3 is 2.38 bits per heavy atom. The largest absolute Gasteiger partial charge is 0.316 e. The molecule has 0 fully saturated rings. The van der Waals surface area contributed by atoms with Gasteiger partial charge < -0.3 is 5.73 Å². The van der Waals surface area contributed by atoms with Gasteiger partial charge in [0, 0.05) is 12.4 Å². The molecule has 0 radical (unpaired) electrons. The topological polar surface area (TPSA) is 60.1 Å². The molecular weight excluding hydrogens is 202 g/mol. The molecule has 0 bridgehead atoms. The number of rotatable bonds is 3. The smallest absolute Gasteiger partial charge is 0.260 e. The zero-order chi connectivity index (χ0) is 11.4. The van der Waals surface area contributed by atoms with E-state index < -0.39 is 6.04 Å². The van der Waals surface area contributed by atoms with E-state index >= 15 is 0 Å². The van der Waals surface area contributed by atoms with E-state index in [0.717, 1.165) is 5.56 Å². The van der Waals surface area contributed by atoms with Crippen LogP contribution in [0.15, 0.2) is 54.9 Å². The fourth-order valence-corrected chi connectivity index (χ4v) is 1.42. The molecule has 0 aliphatic heterocycles. The van der Waals surface area contributed by atoms with Crippen LogP contribution in [0.2, 0.25) is 0 Å². The third-order valence-electron chi connectivity index (χ3n) is 2.28. The first-order chi connectivity index (χ1) is 7.77. The standard InChI is InChI=1S/C12H13N3O/c13-11(10-6-2-1-3-7-10)12(16)14-15-8-4-5-9-15/h1-9,11H,13H2,(H,14,16)/t11-/m1/s1. The lowest BCUT2D eigenvalue weighted by atomic mass is 10.1. The number of aromatic nitrogens is 1. The maximum atomic E-state index is 11.8. The Balaban J connectivity index is 2.05. The molecule has 1 aromatic carbocycles. The lowest BCUT2D eigenvalue weighted by molar-refractivity contribution is -0.118. The van der Waals surface area contributed by atoms with Crippen LogP contribution in [0.25, 0.3) is 0 Å². The summed E-state index contributed by atoms with van der Waals surface area (Å²) in [6.07, 6.45) is 3.49. The summed E-state index contributed by atoms with van der Waals surface area (Å²) >= 11 is 0. The van der Waals surface area contributed by atoms with Crippen molar-refractivity contribution in [1.29, 1.82) is 0 Å². The fraction of sp³-hybridized carbons (Fsp3) is 0.0833. The summed E-state index contributed by atoms with van der Waals surface area (Å²) in [5.41, 5.74) is 9.30. The first kappa shape index (κ1) is 10.4. The summed E-state index contributed by atoms with van der Waals surface area (Å²) in [5, 5.41) is 0. The molecule has 4 heteroatoms. The second-order valence-electron chi connectivity index (χ2n) is 3.45. The molecule has 0 aliphatic carbocycles. The number of carbonyl (C=O) groups excluding carboxylic acids is 1. The molecule has 82 valence electrons. The molecule has 1 aromatic heterocycles. The number of benzene rings is 1. The van der Waals surface area contributed by atoms with Gasteiger partial charge in [-0.2, -0.15) is 0 Å². The molecule has 1 atom stereocenters. The minimum Gasteiger partial charge on any atom is -0.316 e. The van der Waals surface area contributed by atoms with Crippen LogP contribution in [0.4, 0.5) is 0 Å². The van der Waals surface area contributed by atoms with Crippen molar-refractivity contribution in [1.82, 2.24) is 4.68 Å². The highest BCUT2D eigenvalue weighted by molar-refractivity contribution is 5.89. The molecule has 4 nitrogen and oxygen atoms in total. The van der Waals surface area contributed by atoms with Crippen LogP contribution >= 0.6 is 0 Å². The quantitative estimate of drug-likeness (QED) is 0.809. The van der Waals surface area contributed by atoms with Crippen molar-refractivity contribution < 1.29 is 4.79 Å². The van der Waals surface area contributed by atoms with Gasteiger partial charge >= 0.3 is 0 Å². The molecule has 2 aromatic rings. The van der Waals surface area contributed by atoms with Gasteiger partial charge in [0.1, 0.15) is 6.04 Å².